The minimum absolute atomic E-state index is 0.143. The lowest BCUT2D eigenvalue weighted by atomic mass is 10.2. The van der Waals surface area contributed by atoms with Gasteiger partial charge in [-0.25, -0.2) is 9.78 Å². The second-order valence-corrected chi connectivity index (χ2v) is 8.46. The van der Waals surface area contributed by atoms with E-state index in [0.717, 1.165) is 51.3 Å². The highest BCUT2D eigenvalue weighted by atomic mass is 16.5. The number of hydrogen-bond donors (Lipinski definition) is 0. The van der Waals surface area contributed by atoms with Crippen LogP contribution in [0.3, 0.4) is 0 Å². The fraction of sp³-hybridized carbons (Fsp3) is 0.310. The van der Waals surface area contributed by atoms with Crippen LogP contribution in [0.15, 0.2) is 72.8 Å². The Bertz CT molecular complexity index is 1150. The third-order valence-electron chi connectivity index (χ3n) is 5.96. The topological polar surface area (TPSA) is 54.9 Å². The van der Waals surface area contributed by atoms with E-state index in [9.17, 15) is 4.79 Å². The molecule has 1 fully saturated rings. The van der Waals surface area contributed by atoms with Gasteiger partial charge in [0.05, 0.1) is 7.11 Å². The van der Waals surface area contributed by atoms with Gasteiger partial charge in [0.15, 0.2) is 11.4 Å². The molecule has 0 atom stereocenters. The summed E-state index contributed by atoms with van der Waals surface area (Å²) in [7, 11) is 1.34. The zero-order chi connectivity index (χ0) is 24.3. The summed E-state index contributed by atoms with van der Waals surface area (Å²) in [6.07, 6.45) is 0.750. The molecule has 4 rings (SSSR count). The number of aromatic nitrogens is 1. The van der Waals surface area contributed by atoms with Gasteiger partial charge in [0.25, 0.3) is 0 Å². The molecule has 0 spiro atoms. The highest BCUT2D eigenvalue weighted by molar-refractivity contribution is 5.90. The summed E-state index contributed by atoms with van der Waals surface area (Å²) in [6, 6.07) is 23.9. The number of carbonyl (C=O) groups is 1. The van der Waals surface area contributed by atoms with E-state index < -0.39 is 5.97 Å². The van der Waals surface area contributed by atoms with E-state index in [1.54, 1.807) is 12.1 Å². The van der Waals surface area contributed by atoms with E-state index in [-0.39, 0.29) is 5.69 Å². The van der Waals surface area contributed by atoms with Gasteiger partial charge in [-0.2, -0.15) is 0 Å². The van der Waals surface area contributed by atoms with Crippen LogP contribution in [0.2, 0.25) is 0 Å². The number of rotatable bonds is 8. The van der Waals surface area contributed by atoms with E-state index in [1.807, 2.05) is 30.3 Å². The first-order valence-electron chi connectivity index (χ1n) is 11.9. The van der Waals surface area contributed by atoms with Crippen molar-refractivity contribution in [1.29, 1.82) is 0 Å². The Balaban J connectivity index is 1.27. The monoisotopic (exact) mass is 469 g/mol. The number of methoxy groups -OCH3 is 1. The van der Waals surface area contributed by atoms with Crippen LogP contribution in [0.5, 0.6) is 5.75 Å². The quantitative estimate of drug-likeness (QED) is 0.367. The smallest absolute Gasteiger partial charge is 0.360 e. The zero-order valence-electron chi connectivity index (χ0n) is 20.2. The van der Waals surface area contributed by atoms with Crippen LogP contribution in [-0.2, 0) is 17.9 Å². The van der Waals surface area contributed by atoms with Crippen molar-refractivity contribution in [2.24, 2.45) is 0 Å². The Morgan fingerprint density at radius 3 is 2.23 bits per heavy atom. The summed E-state index contributed by atoms with van der Waals surface area (Å²) in [6.45, 7) is 6.51. The SMILES string of the molecule is COC(=O)c1nc(C#CCCN2CCN(Cc3ccccc3)CC2)ccc1OCc1ccccc1. The lowest BCUT2D eigenvalue weighted by Crippen LogP contribution is -2.46. The molecule has 1 aliphatic heterocycles. The molecule has 0 saturated carbocycles. The van der Waals surface area contributed by atoms with Crippen LogP contribution < -0.4 is 4.74 Å². The molecule has 35 heavy (non-hydrogen) atoms. The molecule has 2 aromatic carbocycles. The maximum atomic E-state index is 12.3. The lowest BCUT2D eigenvalue weighted by Gasteiger charge is -2.34. The van der Waals surface area contributed by atoms with Gasteiger partial charge in [0, 0.05) is 45.7 Å². The Labute approximate surface area is 207 Å². The molecule has 0 N–H and O–H groups in total. The summed E-state index contributed by atoms with van der Waals surface area (Å²) in [5, 5.41) is 0. The van der Waals surface area contributed by atoms with Crippen molar-refractivity contribution < 1.29 is 14.3 Å². The van der Waals surface area contributed by atoms with Crippen LogP contribution in [0.25, 0.3) is 0 Å². The van der Waals surface area contributed by atoms with Crippen molar-refractivity contribution >= 4 is 5.97 Å². The van der Waals surface area contributed by atoms with Crippen molar-refractivity contribution in [3.8, 4) is 17.6 Å². The van der Waals surface area contributed by atoms with Crippen molar-refractivity contribution in [2.45, 2.75) is 19.6 Å². The van der Waals surface area contributed by atoms with Crippen molar-refractivity contribution in [3.05, 3.63) is 95.3 Å². The molecule has 0 amide bonds. The second-order valence-electron chi connectivity index (χ2n) is 8.46. The van der Waals surface area contributed by atoms with Crippen molar-refractivity contribution in [3.63, 3.8) is 0 Å². The number of carbonyl (C=O) groups excluding carboxylic acids is 1. The Kier molecular flexibility index (Phi) is 8.88. The molecular weight excluding hydrogens is 438 g/mol. The van der Waals surface area contributed by atoms with E-state index in [2.05, 4.69) is 57.0 Å². The molecule has 6 heteroatoms. The number of pyridine rings is 1. The molecular formula is C29H31N3O3. The number of nitrogens with zero attached hydrogens (tertiary/aromatic N) is 3. The van der Waals surface area contributed by atoms with Crippen LogP contribution >= 0.6 is 0 Å². The maximum absolute atomic E-state index is 12.3. The standard InChI is InChI=1S/C29H31N3O3/c1-34-29(33)28-27(35-23-25-12-6-3-7-13-25)16-15-26(30-28)14-8-9-17-31-18-20-32(21-19-31)22-24-10-4-2-5-11-24/h2-7,10-13,15-16H,9,17-23H2,1H3. The van der Waals surface area contributed by atoms with E-state index in [4.69, 9.17) is 9.47 Å². The van der Waals surface area contributed by atoms with Gasteiger partial charge >= 0.3 is 5.97 Å². The molecule has 1 aromatic heterocycles. The average molecular weight is 470 g/mol. The highest BCUT2D eigenvalue weighted by Gasteiger charge is 2.17. The molecule has 0 aliphatic carbocycles. The third-order valence-corrected chi connectivity index (χ3v) is 5.96. The summed E-state index contributed by atoms with van der Waals surface area (Å²) >= 11 is 0. The zero-order valence-corrected chi connectivity index (χ0v) is 20.2. The first kappa shape index (κ1) is 24.5. The molecule has 0 unspecified atom stereocenters. The minimum Gasteiger partial charge on any atom is -0.486 e. The Hall–Kier alpha value is -3.66. The first-order valence-corrected chi connectivity index (χ1v) is 11.9. The summed E-state index contributed by atoms with van der Waals surface area (Å²) < 4.78 is 10.7. The second kappa shape index (κ2) is 12.7. The largest absolute Gasteiger partial charge is 0.486 e. The molecule has 6 nitrogen and oxygen atoms in total. The van der Waals surface area contributed by atoms with Crippen LogP contribution in [0.1, 0.15) is 33.7 Å². The van der Waals surface area contributed by atoms with Crippen LogP contribution in [0.4, 0.5) is 0 Å². The number of benzene rings is 2. The maximum Gasteiger partial charge on any atom is 0.360 e. The van der Waals surface area contributed by atoms with Crippen LogP contribution in [0, 0.1) is 11.8 Å². The van der Waals surface area contributed by atoms with Crippen LogP contribution in [-0.4, -0.2) is 60.6 Å². The predicted molar refractivity (Wildman–Crippen MR) is 136 cm³/mol. The molecule has 3 aromatic rings. The number of hydrogen-bond acceptors (Lipinski definition) is 6. The molecule has 180 valence electrons. The molecule has 1 saturated heterocycles. The molecule has 0 bridgehead atoms. The summed E-state index contributed by atoms with van der Waals surface area (Å²) in [5.41, 5.74) is 3.05. The summed E-state index contributed by atoms with van der Waals surface area (Å²) in [4.78, 5) is 21.6. The fourth-order valence-corrected chi connectivity index (χ4v) is 3.99. The van der Waals surface area contributed by atoms with Gasteiger partial charge in [-0.05, 0) is 29.2 Å². The van der Waals surface area contributed by atoms with Crippen molar-refractivity contribution in [2.75, 3.05) is 39.8 Å². The minimum atomic E-state index is -0.537. The van der Waals surface area contributed by atoms with Gasteiger partial charge in [-0.1, -0.05) is 66.6 Å². The van der Waals surface area contributed by atoms with E-state index in [0.29, 0.717) is 18.1 Å². The predicted octanol–water partition coefficient (Wildman–Crippen LogP) is 4.01. The number of ether oxygens (including phenoxy) is 2. The third kappa shape index (κ3) is 7.41. The molecule has 0 radical (unpaired) electrons. The normalized spacial score (nSPS) is 14.1. The van der Waals surface area contributed by atoms with Gasteiger partial charge < -0.3 is 9.47 Å². The van der Waals surface area contributed by atoms with Gasteiger partial charge in [0.2, 0.25) is 0 Å². The summed E-state index contributed by atoms with van der Waals surface area (Å²) in [5.74, 6) is 6.14. The Morgan fingerprint density at radius 2 is 1.54 bits per heavy atom. The molecule has 1 aliphatic rings. The first-order chi connectivity index (χ1) is 17.2. The number of esters is 1. The van der Waals surface area contributed by atoms with Gasteiger partial charge in [-0.15, -0.1) is 0 Å². The highest BCUT2D eigenvalue weighted by Crippen LogP contribution is 2.19. The van der Waals surface area contributed by atoms with Gasteiger partial charge in [-0.3, -0.25) is 9.80 Å². The average Bonchev–Trinajstić information content (AvgIpc) is 2.92. The fourth-order valence-electron chi connectivity index (χ4n) is 3.99. The number of piperazine rings is 1. The Morgan fingerprint density at radius 1 is 0.886 bits per heavy atom. The van der Waals surface area contributed by atoms with Gasteiger partial charge in [0.1, 0.15) is 12.3 Å². The van der Waals surface area contributed by atoms with Crippen molar-refractivity contribution in [1.82, 2.24) is 14.8 Å². The van der Waals surface area contributed by atoms with E-state index >= 15 is 0 Å². The lowest BCUT2D eigenvalue weighted by molar-refractivity contribution is 0.0588. The molecule has 2 heterocycles. The van der Waals surface area contributed by atoms with E-state index in [1.165, 1.54) is 12.7 Å².